The SMILES string of the molecule is COCC(C)NO. The standard InChI is InChI=1S/C4H11NO2/c1-4(5-6)3-7-2/h4-6H,3H2,1-2H3. The van der Waals surface area contributed by atoms with Gasteiger partial charge in [-0.3, -0.25) is 0 Å². The van der Waals surface area contributed by atoms with Crippen LogP contribution in [0.15, 0.2) is 0 Å². The Balaban J connectivity index is 2.83. The molecule has 0 amide bonds. The molecule has 0 heterocycles. The summed E-state index contributed by atoms with van der Waals surface area (Å²) < 4.78 is 4.67. The Bertz CT molecular complexity index is 40.7. The number of nitrogens with one attached hydrogen (secondary N) is 1. The van der Waals surface area contributed by atoms with Gasteiger partial charge in [-0.05, 0) is 6.92 Å². The molecule has 0 fully saturated rings. The zero-order chi connectivity index (χ0) is 5.70. The predicted octanol–water partition coefficient (Wildman–Crippen LogP) is 0.000100. The van der Waals surface area contributed by atoms with E-state index in [9.17, 15) is 0 Å². The number of rotatable bonds is 3. The largest absolute Gasteiger partial charge is 0.383 e. The van der Waals surface area contributed by atoms with Crippen LogP contribution in [0.5, 0.6) is 0 Å². The molecule has 0 saturated carbocycles. The molecule has 1 atom stereocenters. The van der Waals surface area contributed by atoms with E-state index in [0.29, 0.717) is 6.61 Å². The Labute approximate surface area is 43.2 Å². The van der Waals surface area contributed by atoms with Crippen molar-refractivity contribution in [3.8, 4) is 0 Å². The third-order valence-corrected chi connectivity index (χ3v) is 0.637. The molecule has 2 N–H and O–H groups in total. The van der Waals surface area contributed by atoms with E-state index in [1.54, 1.807) is 7.11 Å². The van der Waals surface area contributed by atoms with Gasteiger partial charge < -0.3 is 9.94 Å². The smallest absolute Gasteiger partial charge is 0.0635 e. The molecule has 0 radical (unpaired) electrons. The van der Waals surface area contributed by atoms with Gasteiger partial charge in [-0.2, -0.15) is 0 Å². The van der Waals surface area contributed by atoms with Crippen molar-refractivity contribution in [3.63, 3.8) is 0 Å². The van der Waals surface area contributed by atoms with Crippen LogP contribution in [-0.4, -0.2) is 25.0 Å². The van der Waals surface area contributed by atoms with E-state index in [-0.39, 0.29) is 6.04 Å². The molecular weight excluding hydrogens is 94.0 g/mol. The number of hydroxylamine groups is 1. The predicted molar refractivity (Wildman–Crippen MR) is 26.3 cm³/mol. The van der Waals surface area contributed by atoms with Crippen LogP contribution in [0.3, 0.4) is 0 Å². The molecule has 0 saturated heterocycles. The molecule has 0 aliphatic rings. The van der Waals surface area contributed by atoms with Gasteiger partial charge >= 0.3 is 0 Å². The average Bonchev–Trinajstić information content (AvgIpc) is 1.68. The van der Waals surface area contributed by atoms with Crippen LogP contribution in [0.4, 0.5) is 0 Å². The van der Waals surface area contributed by atoms with Gasteiger partial charge in [0.05, 0.1) is 12.6 Å². The lowest BCUT2D eigenvalue weighted by atomic mass is 10.4. The molecule has 0 aromatic carbocycles. The molecule has 1 unspecified atom stereocenters. The van der Waals surface area contributed by atoms with E-state index < -0.39 is 0 Å². The summed E-state index contributed by atoms with van der Waals surface area (Å²) in [6.45, 7) is 2.36. The van der Waals surface area contributed by atoms with Crippen LogP contribution in [0.1, 0.15) is 6.92 Å². The van der Waals surface area contributed by atoms with Gasteiger partial charge in [0.2, 0.25) is 0 Å². The maximum Gasteiger partial charge on any atom is 0.0635 e. The second-order valence-corrected chi connectivity index (χ2v) is 1.49. The minimum atomic E-state index is 0.0324. The van der Waals surface area contributed by atoms with Gasteiger partial charge in [-0.25, -0.2) is 5.48 Å². The average molecular weight is 105 g/mol. The highest BCUT2D eigenvalue weighted by molar-refractivity contribution is 4.47. The maximum atomic E-state index is 8.14. The van der Waals surface area contributed by atoms with Gasteiger partial charge in [0.15, 0.2) is 0 Å². The van der Waals surface area contributed by atoms with E-state index in [4.69, 9.17) is 5.21 Å². The fourth-order valence-corrected chi connectivity index (χ4v) is 0.287. The lowest BCUT2D eigenvalue weighted by Crippen LogP contribution is -2.26. The minimum absolute atomic E-state index is 0.0324. The van der Waals surface area contributed by atoms with E-state index in [1.807, 2.05) is 12.4 Å². The molecule has 0 spiro atoms. The first kappa shape index (κ1) is 6.88. The third-order valence-electron chi connectivity index (χ3n) is 0.637. The quantitative estimate of drug-likeness (QED) is 0.496. The Hall–Kier alpha value is -0.120. The van der Waals surface area contributed by atoms with E-state index in [1.165, 1.54) is 0 Å². The van der Waals surface area contributed by atoms with Crippen molar-refractivity contribution in [2.45, 2.75) is 13.0 Å². The topological polar surface area (TPSA) is 41.5 Å². The first-order valence-electron chi connectivity index (χ1n) is 2.19. The molecule has 3 nitrogen and oxygen atoms in total. The van der Waals surface area contributed by atoms with Crippen molar-refractivity contribution in [1.82, 2.24) is 5.48 Å². The van der Waals surface area contributed by atoms with Crippen LogP contribution >= 0.6 is 0 Å². The Kier molecular flexibility index (Phi) is 3.98. The van der Waals surface area contributed by atoms with Crippen molar-refractivity contribution in [2.24, 2.45) is 0 Å². The van der Waals surface area contributed by atoms with Gasteiger partial charge in [-0.1, -0.05) is 0 Å². The molecule has 0 aromatic rings. The van der Waals surface area contributed by atoms with Crippen molar-refractivity contribution >= 4 is 0 Å². The van der Waals surface area contributed by atoms with Crippen LogP contribution in [0.25, 0.3) is 0 Å². The summed E-state index contributed by atoms with van der Waals surface area (Å²) in [5.74, 6) is 0. The summed E-state index contributed by atoms with van der Waals surface area (Å²) in [6, 6.07) is 0.0324. The number of methoxy groups -OCH3 is 1. The molecule has 0 aliphatic carbocycles. The fraction of sp³-hybridized carbons (Fsp3) is 1.00. The molecule has 7 heavy (non-hydrogen) atoms. The summed E-state index contributed by atoms with van der Waals surface area (Å²) in [4.78, 5) is 0. The summed E-state index contributed by atoms with van der Waals surface area (Å²) >= 11 is 0. The summed E-state index contributed by atoms with van der Waals surface area (Å²) in [7, 11) is 1.59. The van der Waals surface area contributed by atoms with Gasteiger partial charge in [0, 0.05) is 7.11 Å². The summed E-state index contributed by atoms with van der Waals surface area (Å²) in [6.07, 6.45) is 0. The zero-order valence-corrected chi connectivity index (χ0v) is 4.64. The normalized spacial score (nSPS) is 14.1. The monoisotopic (exact) mass is 105 g/mol. The Morgan fingerprint density at radius 1 is 1.86 bits per heavy atom. The highest BCUT2D eigenvalue weighted by atomic mass is 16.5. The van der Waals surface area contributed by atoms with Crippen molar-refractivity contribution < 1.29 is 9.94 Å². The molecule has 0 rings (SSSR count). The maximum absolute atomic E-state index is 8.14. The first-order valence-corrected chi connectivity index (χ1v) is 2.19. The van der Waals surface area contributed by atoms with Gasteiger partial charge in [-0.15, -0.1) is 0 Å². The van der Waals surface area contributed by atoms with E-state index >= 15 is 0 Å². The number of hydrogen-bond donors (Lipinski definition) is 2. The molecular formula is C4H11NO2. The van der Waals surface area contributed by atoms with Crippen LogP contribution < -0.4 is 5.48 Å². The summed E-state index contributed by atoms with van der Waals surface area (Å²) in [5, 5.41) is 8.14. The lowest BCUT2D eigenvalue weighted by molar-refractivity contribution is 0.0789. The highest BCUT2D eigenvalue weighted by Gasteiger charge is 1.93. The van der Waals surface area contributed by atoms with E-state index in [0.717, 1.165) is 0 Å². The zero-order valence-electron chi connectivity index (χ0n) is 4.64. The van der Waals surface area contributed by atoms with Crippen LogP contribution in [0, 0.1) is 0 Å². The third kappa shape index (κ3) is 3.72. The van der Waals surface area contributed by atoms with Gasteiger partial charge in [0.25, 0.3) is 0 Å². The summed E-state index contributed by atoms with van der Waals surface area (Å²) in [5.41, 5.74) is 2.04. The van der Waals surface area contributed by atoms with Crippen molar-refractivity contribution in [1.29, 1.82) is 0 Å². The van der Waals surface area contributed by atoms with Crippen molar-refractivity contribution in [2.75, 3.05) is 13.7 Å². The fourth-order valence-electron chi connectivity index (χ4n) is 0.287. The van der Waals surface area contributed by atoms with E-state index in [2.05, 4.69) is 4.74 Å². The molecule has 0 aromatic heterocycles. The second kappa shape index (κ2) is 4.05. The Morgan fingerprint density at radius 2 is 2.43 bits per heavy atom. The highest BCUT2D eigenvalue weighted by Crippen LogP contribution is 1.76. The lowest BCUT2D eigenvalue weighted by Gasteiger charge is -2.04. The molecule has 3 heteroatoms. The number of hydrogen-bond acceptors (Lipinski definition) is 3. The van der Waals surface area contributed by atoms with Crippen LogP contribution in [0.2, 0.25) is 0 Å². The van der Waals surface area contributed by atoms with Crippen molar-refractivity contribution in [3.05, 3.63) is 0 Å². The second-order valence-electron chi connectivity index (χ2n) is 1.49. The molecule has 0 aliphatic heterocycles. The minimum Gasteiger partial charge on any atom is -0.383 e. The molecule has 0 bridgehead atoms. The first-order chi connectivity index (χ1) is 3.31. The Morgan fingerprint density at radius 3 is 2.57 bits per heavy atom. The molecule has 44 valence electrons. The van der Waals surface area contributed by atoms with Gasteiger partial charge in [0.1, 0.15) is 0 Å². The number of ether oxygens (including phenoxy) is 1. The van der Waals surface area contributed by atoms with Crippen LogP contribution in [-0.2, 0) is 4.74 Å².